The summed E-state index contributed by atoms with van der Waals surface area (Å²) in [6.07, 6.45) is 7.51. The summed E-state index contributed by atoms with van der Waals surface area (Å²) in [6, 6.07) is 9.59. The number of aliphatic carboxylic acids is 1. The maximum Gasteiger partial charge on any atom is 0.330 e. The lowest BCUT2D eigenvalue weighted by molar-refractivity contribution is -0.145. The molecule has 3 N–H and O–H groups in total. The van der Waals surface area contributed by atoms with Crippen LogP contribution in [0.4, 0.5) is 10.1 Å². The molecule has 0 unspecified atom stereocenters. The minimum Gasteiger partial charge on any atom is -0.479 e. The number of rotatable bonds is 5. The van der Waals surface area contributed by atoms with E-state index in [2.05, 4.69) is 15.6 Å². The lowest BCUT2D eigenvalue weighted by atomic mass is 10.0. The summed E-state index contributed by atoms with van der Waals surface area (Å²) >= 11 is 7.45. The summed E-state index contributed by atoms with van der Waals surface area (Å²) in [6.45, 7) is 0.109. The van der Waals surface area contributed by atoms with E-state index in [1.54, 1.807) is 30.3 Å². The van der Waals surface area contributed by atoms with E-state index < -0.39 is 41.4 Å². The molecule has 0 radical (unpaired) electrons. The third-order valence-electron chi connectivity index (χ3n) is 8.39. The fourth-order valence-electron chi connectivity index (χ4n) is 6.00. The highest BCUT2D eigenvalue weighted by molar-refractivity contribution is 7.20. The molecule has 5 atom stereocenters. The molecular formula is C31H32ClFN4O5S. The van der Waals surface area contributed by atoms with Crippen LogP contribution in [0.25, 0.3) is 10.2 Å². The molecular weight excluding hydrogens is 595 g/mol. The van der Waals surface area contributed by atoms with E-state index in [1.807, 2.05) is 12.2 Å². The van der Waals surface area contributed by atoms with Gasteiger partial charge in [0.25, 0.3) is 5.19 Å². The first-order valence-corrected chi connectivity index (χ1v) is 15.7. The summed E-state index contributed by atoms with van der Waals surface area (Å²) in [5.74, 6) is -2.69. The fourth-order valence-corrected chi connectivity index (χ4v) is 7.15. The van der Waals surface area contributed by atoms with E-state index in [1.165, 1.54) is 28.4 Å². The molecule has 0 spiro atoms. The zero-order valence-electron chi connectivity index (χ0n) is 23.3. The number of benzene rings is 2. The Hall–Kier alpha value is -3.70. The van der Waals surface area contributed by atoms with Gasteiger partial charge in [-0.15, -0.1) is 0 Å². The lowest BCUT2D eigenvalue weighted by Gasteiger charge is -2.30. The van der Waals surface area contributed by atoms with Crippen molar-refractivity contribution in [1.82, 2.24) is 15.2 Å². The van der Waals surface area contributed by atoms with Gasteiger partial charge in [-0.3, -0.25) is 9.59 Å². The molecule has 1 aromatic heterocycles. The predicted octanol–water partition coefficient (Wildman–Crippen LogP) is 5.40. The predicted molar refractivity (Wildman–Crippen MR) is 162 cm³/mol. The van der Waals surface area contributed by atoms with E-state index in [-0.39, 0.29) is 24.8 Å². The van der Waals surface area contributed by atoms with Crippen LogP contribution < -0.4 is 15.4 Å². The second kappa shape index (κ2) is 12.1. The first-order chi connectivity index (χ1) is 20.7. The smallest absolute Gasteiger partial charge is 0.330 e. The number of fused-ring (bicyclic) bond motifs is 3. The average molecular weight is 627 g/mol. The Bertz CT molecular complexity index is 1580. The zero-order valence-corrected chi connectivity index (χ0v) is 24.9. The molecule has 9 nitrogen and oxygen atoms in total. The van der Waals surface area contributed by atoms with Crippen LogP contribution in [-0.2, 0) is 14.4 Å². The highest BCUT2D eigenvalue weighted by atomic mass is 35.5. The number of anilines is 1. The Balaban J connectivity index is 1.29. The number of allylic oxidation sites excluding steroid dienone is 1. The van der Waals surface area contributed by atoms with Crippen molar-refractivity contribution in [3.63, 3.8) is 0 Å². The number of nitrogens with one attached hydrogen (secondary N) is 2. The van der Waals surface area contributed by atoms with Crippen molar-refractivity contribution < 1.29 is 28.6 Å². The zero-order chi connectivity index (χ0) is 30.1. The SMILES string of the molecule is O=C1N[C@]2(C(=O)O)C[C@H]2C=CCCCCC[C@H](Nc2cccc(F)c2)C(=O)N2C[C@H](Oc3nc4ccc(Cl)cc4s3)C[C@@H]12. The van der Waals surface area contributed by atoms with Gasteiger partial charge in [0, 0.05) is 23.0 Å². The second-order valence-corrected chi connectivity index (χ2v) is 12.9. The van der Waals surface area contributed by atoms with Crippen molar-refractivity contribution in [2.75, 3.05) is 11.9 Å². The van der Waals surface area contributed by atoms with Gasteiger partial charge < -0.3 is 25.4 Å². The number of carbonyl (C=O) groups is 3. The van der Waals surface area contributed by atoms with Gasteiger partial charge in [-0.1, -0.05) is 54.0 Å². The maximum absolute atomic E-state index is 14.2. The molecule has 2 aliphatic heterocycles. The number of thiazole rings is 1. The van der Waals surface area contributed by atoms with Gasteiger partial charge in [-0.2, -0.15) is 0 Å². The molecule has 226 valence electrons. The lowest BCUT2D eigenvalue weighted by Crippen LogP contribution is -2.55. The monoisotopic (exact) mass is 626 g/mol. The van der Waals surface area contributed by atoms with Crippen LogP contribution in [0.5, 0.6) is 5.19 Å². The normalized spacial score (nSPS) is 27.9. The van der Waals surface area contributed by atoms with Crippen LogP contribution in [0.2, 0.25) is 5.02 Å². The number of nitrogens with zero attached hydrogens (tertiary/aromatic N) is 2. The molecule has 12 heteroatoms. The van der Waals surface area contributed by atoms with Crippen LogP contribution in [0.1, 0.15) is 44.9 Å². The van der Waals surface area contributed by atoms with Crippen molar-refractivity contribution in [3.8, 4) is 5.19 Å². The summed E-state index contributed by atoms with van der Waals surface area (Å²) in [4.78, 5) is 46.2. The van der Waals surface area contributed by atoms with Crippen LogP contribution in [-0.4, -0.2) is 63.0 Å². The van der Waals surface area contributed by atoms with Crippen LogP contribution in [0, 0.1) is 11.7 Å². The minimum absolute atomic E-state index is 0.109. The fraction of sp³-hybridized carbons (Fsp3) is 0.419. The molecule has 1 saturated carbocycles. The topological polar surface area (TPSA) is 121 Å². The average Bonchev–Trinajstić information content (AvgIpc) is 3.29. The Labute approximate surface area is 257 Å². The van der Waals surface area contributed by atoms with E-state index in [4.69, 9.17) is 16.3 Å². The molecule has 1 saturated heterocycles. The number of hydrogen-bond donors (Lipinski definition) is 3. The summed E-state index contributed by atoms with van der Waals surface area (Å²) in [5.41, 5.74) is -0.208. The molecule has 0 bridgehead atoms. The molecule has 2 aromatic carbocycles. The molecule has 6 rings (SSSR count). The third kappa shape index (κ3) is 6.33. The number of halogens is 2. The van der Waals surface area contributed by atoms with Crippen molar-refractivity contribution in [2.24, 2.45) is 5.92 Å². The van der Waals surface area contributed by atoms with E-state index in [0.29, 0.717) is 28.7 Å². The number of aromatic nitrogens is 1. The summed E-state index contributed by atoms with van der Waals surface area (Å²) in [7, 11) is 0. The molecule has 3 heterocycles. The third-order valence-corrected chi connectivity index (χ3v) is 9.53. The van der Waals surface area contributed by atoms with Crippen LogP contribution in [0.3, 0.4) is 0 Å². The van der Waals surface area contributed by atoms with Gasteiger partial charge in [0.2, 0.25) is 11.8 Å². The Morgan fingerprint density at radius 2 is 2.07 bits per heavy atom. The molecule has 2 fully saturated rings. The number of amides is 2. The number of ether oxygens (including phenoxy) is 1. The first-order valence-electron chi connectivity index (χ1n) is 14.5. The van der Waals surface area contributed by atoms with Crippen LogP contribution >= 0.6 is 22.9 Å². The number of carboxylic acid groups (broad SMARTS) is 1. The van der Waals surface area contributed by atoms with Gasteiger partial charge in [0.1, 0.15) is 29.5 Å². The van der Waals surface area contributed by atoms with E-state index in [0.717, 1.165) is 35.9 Å². The quantitative estimate of drug-likeness (QED) is 0.325. The molecule has 1 aliphatic carbocycles. The first kappa shape index (κ1) is 29.4. The van der Waals surface area contributed by atoms with Crippen molar-refractivity contribution in [3.05, 3.63) is 65.5 Å². The number of hydrogen-bond acceptors (Lipinski definition) is 7. The molecule has 3 aliphatic rings. The minimum atomic E-state index is -1.40. The number of carboxylic acids is 1. The second-order valence-electron chi connectivity index (χ2n) is 11.4. The Morgan fingerprint density at radius 1 is 1.21 bits per heavy atom. The number of carbonyl (C=O) groups excluding carboxylic acids is 2. The Kier molecular flexibility index (Phi) is 8.28. The highest BCUT2D eigenvalue weighted by Gasteiger charge is 2.61. The van der Waals surface area contributed by atoms with E-state index >= 15 is 0 Å². The van der Waals surface area contributed by atoms with Crippen molar-refractivity contribution >= 4 is 56.6 Å². The van der Waals surface area contributed by atoms with Gasteiger partial charge in [0.05, 0.1) is 16.8 Å². The van der Waals surface area contributed by atoms with Gasteiger partial charge in [-0.25, -0.2) is 14.2 Å². The molecule has 3 aromatic rings. The van der Waals surface area contributed by atoms with E-state index in [9.17, 15) is 23.9 Å². The van der Waals surface area contributed by atoms with Gasteiger partial charge in [-0.05, 0) is 62.1 Å². The largest absolute Gasteiger partial charge is 0.479 e. The van der Waals surface area contributed by atoms with Crippen molar-refractivity contribution in [2.45, 2.75) is 68.7 Å². The standard InChI is InChI=1S/C31H32ClFN4O5S/c32-19-11-12-23-26(13-19)43-30(35-23)42-22-15-25-27(38)36-31(29(40)41)16-18(31)7-4-2-1-3-5-10-24(28(39)37(25)17-22)34-21-9-6-8-20(33)14-21/h4,6-9,11-14,18,22,24-25,34H,1-3,5,10,15-17H2,(H,36,38)(H,40,41)/t18-,22-,24+,25+,31-/m1/s1. The van der Waals surface area contributed by atoms with Crippen LogP contribution in [0.15, 0.2) is 54.6 Å². The summed E-state index contributed by atoms with van der Waals surface area (Å²) in [5, 5.41) is 17.0. The van der Waals surface area contributed by atoms with Crippen molar-refractivity contribution in [1.29, 1.82) is 0 Å². The highest BCUT2D eigenvalue weighted by Crippen LogP contribution is 2.45. The van der Waals surface area contributed by atoms with Gasteiger partial charge in [0.15, 0.2) is 0 Å². The van der Waals surface area contributed by atoms with Gasteiger partial charge >= 0.3 is 5.97 Å². The Morgan fingerprint density at radius 3 is 2.88 bits per heavy atom. The maximum atomic E-state index is 14.2. The molecule has 2 amide bonds. The molecule has 43 heavy (non-hydrogen) atoms. The summed E-state index contributed by atoms with van der Waals surface area (Å²) < 4.78 is 21.1.